The molecule has 1 aromatic carbocycles. The third-order valence-electron chi connectivity index (χ3n) is 3.90. The van der Waals surface area contributed by atoms with Crippen molar-refractivity contribution < 1.29 is 19.1 Å². The first-order valence-electron chi connectivity index (χ1n) is 7.81. The Kier molecular flexibility index (Phi) is 6.35. The zero-order valence-electron chi connectivity index (χ0n) is 13.5. The van der Waals surface area contributed by atoms with Crippen LogP contribution in [-0.2, 0) is 19.1 Å². The number of hydrogen-bond acceptors (Lipinski definition) is 4. The predicted octanol–water partition coefficient (Wildman–Crippen LogP) is 2.39. The Morgan fingerprint density at radius 1 is 1.13 bits per heavy atom. The number of esters is 1. The van der Waals surface area contributed by atoms with Crippen molar-refractivity contribution in [3.63, 3.8) is 0 Å². The highest BCUT2D eigenvalue weighted by Crippen LogP contribution is 2.17. The fraction of sp³-hybridized carbons (Fsp3) is 0.444. The maximum Gasteiger partial charge on any atom is 0.309 e. The second kappa shape index (κ2) is 8.48. The molecule has 1 amide bonds. The number of rotatable bonds is 2. The maximum atomic E-state index is 12.4. The molecule has 1 heterocycles. The molecular weight excluding hydrogens is 294 g/mol. The van der Waals surface area contributed by atoms with Gasteiger partial charge in [0.25, 0.3) is 0 Å². The minimum absolute atomic E-state index is 0.110. The summed E-state index contributed by atoms with van der Waals surface area (Å²) in [5.41, 5.74) is 0.892. The van der Waals surface area contributed by atoms with E-state index in [0.29, 0.717) is 12.8 Å². The average molecular weight is 317 g/mol. The van der Waals surface area contributed by atoms with Crippen LogP contribution in [0.5, 0.6) is 0 Å². The van der Waals surface area contributed by atoms with Crippen LogP contribution < -0.4 is 5.32 Å². The van der Waals surface area contributed by atoms with Gasteiger partial charge in [-0.05, 0) is 12.0 Å². The summed E-state index contributed by atoms with van der Waals surface area (Å²) in [6, 6.07) is 9.08. The molecule has 0 saturated carbocycles. The van der Waals surface area contributed by atoms with Crippen molar-refractivity contribution in [2.75, 3.05) is 13.7 Å². The molecule has 0 radical (unpaired) electrons. The zero-order valence-corrected chi connectivity index (χ0v) is 13.5. The van der Waals surface area contributed by atoms with Gasteiger partial charge in [-0.3, -0.25) is 9.59 Å². The van der Waals surface area contributed by atoms with E-state index in [9.17, 15) is 9.59 Å². The van der Waals surface area contributed by atoms with Gasteiger partial charge in [-0.1, -0.05) is 49.4 Å². The summed E-state index contributed by atoms with van der Waals surface area (Å²) in [5, 5.41) is 2.91. The maximum absolute atomic E-state index is 12.4. The highest BCUT2D eigenvalue weighted by molar-refractivity contribution is 5.81. The molecule has 0 bridgehead atoms. The summed E-state index contributed by atoms with van der Waals surface area (Å²) >= 11 is 0. The van der Waals surface area contributed by atoms with Gasteiger partial charge < -0.3 is 14.8 Å². The number of methoxy groups -OCH3 is 1. The lowest BCUT2D eigenvalue weighted by Crippen LogP contribution is -2.40. The van der Waals surface area contributed by atoms with Crippen LogP contribution in [0.15, 0.2) is 42.5 Å². The van der Waals surface area contributed by atoms with E-state index in [0.717, 1.165) is 5.56 Å². The van der Waals surface area contributed by atoms with Crippen LogP contribution in [0, 0.1) is 5.92 Å². The molecule has 3 atom stereocenters. The van der Waals surface area contributed by atoms with Gasteiger partial charge in [0.2, 0.25) is 5.91 Å². The van der Waals surface area contributed by atoms with Crippen LogP contribution in [-0.4, -0.2) is 31.7 Å². The first-order chi connectivity index (χ1) is 11.1. The Labute approximate surface area is 136 Å². The monoisotopic (exact) mass is 317 g/mol. The van der Waals surface area contributed by atoms with E-state index in [1.165, 1.54) is 7.11 Å². The van der Waals surface area contributed by atoms with E-state index in [-0.39, 0.29) is 30.4 Å². The number of amides is 1. The summed E-state index contributed by atoms with van der Waals surface area (Å²) in [4.78, 5) is 24.4. The second-order valence-electron chi connectivity index (χ2n) is 5.67. The van der Waals surface area contributed by atoms with Crippen LogP contribution in [0.4, 0.5) is 0 Å². The third kappa shape index (κ3) is 4.93. The van der Waals surface area contributed by atoms with Gasteiger partial charge in [0.1, 0.15) is 12.7 Å². The fourth-order valence-corrected chi connectivity index (χ4v) is 2.41. The van der Waals surface area contributed by atoms with Crippen molar-refractivity contribution in [1.29, 1.82) is 0 Å². The predicted molar refractivity (Wildman–Crippen MR) is 86.6 cm³/mol. The first-order valence-corrected chi connectivity index (χ1v) is 7.81. The van der Waals surface area contributed by atoms with Crippen molar-refractivity contribution >= 4 is 11.9 Å². The van der Waals surface area contributed by atoms with Crippen molar-refractivity contribution in [2.24, 2.45) is 5.92 Å². The molecule has 0 fully saturated rings. The Morgan fingerprint density at radius 2 is 1.83 bits per heavy atom. The van der Waals surface area contributed by atoms with E-state index in [1.807, 2.05) is 49.4 Å². The minimum atomic E-state index is -0.553. The van der Waals surface area contributed by atoms with E-state index < -0.39 is 6.10 Å². The number of hydrogen-bond donors (Lipinski definition) is 1. The van der Waals surface area contributed by atoms with Crippen LogP contribution in [0.2, 0.25) is 0 Å². The smallest absolute Gasteiger partial charge is 0.309 e. The Bertz CT molecular complexity index is 555. The summed E-state index contributed by atoms with van der Waals surface area (Å²) in [6.45, 7) is 1.95. The molecule has 1 unspecified atom stereocenters. The van der Waals surface area contributed by atoms with Crippen LogP contribution >= 0.6 is 0 Å². The molecule has 124 valence electrons. The van der Waals surface area contributed by atoms with Gasteiger partial charge >= 0.3 is 5.97 Å². The highest BCUT2D eigenvalue weighted by atomic mass is 16.5. The minimum Gasteiger partial charge on any atom is -0.463 e. The quantitative estimate of drug-likeness (QED) is 0.672. The zero-order chi connectivity index (χ0) is 16.7. The molecule has 1 aromatic rings. The molecule has 1 N–H and O–H groups in total. The molecule has 5 nitrogen and oxygen atoms in total. The van der Waals surface area contributed by atoms with Crippen molar-refractivity contribution in [2.45, 2.75) is 31.9 Å². The molecule has 23 heavy (non-hydrogen) atoms. The van der Waals surface area contributed by atoms with Crippen molar-refractivity contribution in [3.8, 4) is 0 Å². The molecule has 5 heteroatoms. The molecule has 2 rings (SSSR count). The normalized spacial score (nSPS) is 26.6. The van der Waals surface area contributed by atoms with E-state index in [4.69, 9.17) is 9.47 Å². The molecule has 0 aromatic heterocycles. The van der Waals surface area contributed by atoms with Gasteiger partial charge in [-0.25, -0.2) is 0 Å². The molecule has 0 aliphatic carbocycles. The lowest BCUT2D eigenvalue weighted by molar-refractivity contribution is -0.149. The van der Waals surface area contributed by atoms with Gasteiger partial charge in [-0.15, -0.1) is 0 Å². The van der Waals surface area contributed by atoms with E-state index in [2.05, 4.69) is 5.32 Å². The lowest BCUT2D eigenvalue weighted by atomic mass is 10.0. The molecule has 1 aliphatic rings. The van der Waals surface area contributed by atoms with Gasteiger partial charge in [0.15, 0.2) is 0 Å². The number of carbonyl (C=O) groups is 2. The Hall–Kier alpha value is -2.14. The van der Waals surface area contributed by atoms with E-state index >= 15 is 0 Å². The van der Waals surface area contributed by atoms with Crippen LogP contribution in [0.3, 0.4) is 0 Å². The number of allylic oxidation sites excluding steroid dienone is 1. The summed E-state index contributed by atoms with van der Waals surface area (Å²) in [5.74, 6) is -0.678. The fourth-order valence-electron chi connectivity index (χ4n) is 2.41. The standard InChI is InChI=1S/C18H23NO4/c1-13-8-6-7-11-16(22-2)17(20)19-15(12-23-18(13)21)14-9-4-3-5-10-14/h3-7,9-10,13,15-16H,8,11-12H2,1-2H3,(H,19,20)/t13-,15?,16-/m1/s1. The highest BCUT2D eigenvalue weighted by Gasteiger charge is 2.24. The van der Waals surface area contributed by atoms with E-state index in [1.54, 1.807) is 0 Å². The van der Waals surface area contributed by atoms with Gasteiger partial charge in [0, 0.05) is 13.5 Å². The lowest BCUT2D eigenvalue weighted by Gasteiger charge is -2.23. The Morgan fingerprint density at radius 3 is 2.52 bits per heavy atom. The summed E-state index contributed by atoms with van der Waals surface area (Å²) < 4.78 is 10.7. The number of ether oxygens (including phenoxy) is 2. The van der Waals surface area contributed by atoms with Crippen LogP contribution in [0.25, 0.3) is 0 Å². The first kappa shape index (κ1) is 17.2. The van der Waals surface area contributed by atoms with Gasteiger partial charge in [-0.2, -0.15) is 0 Å². The van der Waals surface area contributed by atoms with Crippen molar-refractivity contribution in [3.05, 3.63) is 48.0 Å². The largest absolute Gasteiger partial charge is 0.463 e. The SMILES string of the molecule is CO[C@@H]1CC=CC[C@@H](C)C(=O)OCC(c2ccccc2)NC1=O. The van der Waals surface area contributed by atoms with Crippen molar-refractivity contribution in [1.82, 2.24) is 5.32 Å². The molecular formula is C18H23NO4. The van der Waals surface area contributed by atoms with Crippen LogP contribution in [0.1, 0.15) is 31.4 Å². The topological polar surface area (TPSA) is 64.6 Å². The number of nitrogens with one attached hydrogen (secondary N) is 1. The number of benzene rings is 1. The number of cyclic esters (lactones) is 1. The molecule has 0 saturated heterocycles. The average Bonchev–Trinajstić information content (AvgIpc) is 2.57. The molecule has 0 spiro atoms. The summed E-state index contributed by atoms with van der Waals surface area (Å²) in [7, 11) is 1.52. The third-order valence-corrected chi connectivity index (χ3v) is 3.90. The number of carbonyl (C=O) groups excluding carboxylic acids is 2. The second-order valence-corrected chi connectivity index (χ2v) is 5.67. The Balaban J connectivity index is 2.21. The van der Waals surface area contributed by atoms with Gasteiger partial charge in [0.05, 0.1) is 12.0 Å². The molecule has 1 aliphatic heterocycles. The summed E-state index contributed by atoms with van der Waals surface area (Å²) in [6.07, 6.45) is 4.28.